The second kappa shape index (κ2) is 4.98. The minimum absolute atomic E-state index is 0.259. The van der Waals surface area contributed by atoms with Crippen molar-refractivity contribution in [2.24, 2.45) is 0 Å². The lowest BCUT2D eigenvalue weighted by molar-refractivity contribution is 0.0768. The third kappa shape index (κ3) is 2.73. The van der Waals surface area contributed by atoms with Gasteiger partial charge in [0.25, 0.3) is 0 Å². The van der Waals surface area contributed by atoms with E-state index in [1.165, 1.54) is 6.42 Å². The molecule has 18 heavy (non-hydrogen) atoms. The fraction of sp³-hybridized carbons (Fsp3) is 0.571. The summed E-state index contributed by atoms with van der Waals surface area (Å²) in [5, 5.41) is 10.6. The van der Waals surface area contributed by atoms with Gasteiger partial charge in [0.05, 0.1) is 23.8 Å². The summed E-state index contributed by atoms with van der Waals surface area (Å²) in [5.74, 6) is 1.27. The number of rotatable bonds is 4. The van der Waals surface area contributed by atoms with Gasteiger partial charge in [0.1, 0.15) is 0 Å². The molecular weight excluding hydrogens is 252 g/mol. The topological polar surface area (TPSA) is 38.7 Å². The average molecular weight is 271 g/mol. The Kier molecular flexibility index (Phi) is 3.74. The van der Waals surface area contributed by atoms with Gasteiger partial charge < -0.3 is 14.6 Å². The van der Waals surface area contributed by atoms with Crippen molar-refractivity contribution in [3.63, 3.8) is 0 Å². The number of hydrogen-bond acceptors (Lipinski definition) is 3. The maximum Gasteiger partial charge on any atom is 0.162 e. The van der Waals surface area contributed by atoms with Crippen molar-refractivity contribution < 1.29 is 14.6 Å². The molecule has 0 aliphatic heterocycles. The van der Waals surface area contributed by atoms with Gasteiger partial charge in [-0.05, 0) is 39.2 Å². The zero-order chi connectivity index (χ0) is 13.3. The second-order valence-corrected chi connectivity index (χ2v) is 5.62. The van der Waals surface area contributed by atoms with Crippen LogP contribution in [0.5, 0.6) is 11.5 Å². The Morgan fingerprint density at radius 2 is 1.94 bits per heavy atom. The van der Waals surface area contributed by atoms with E-state index in [0.717, 1.165) is 12.8 Å². The van der Waals surface area contributed by atoms with Crippen molar-refractivity contribution >= 4 is 11.6 Å². The van der Waals surface area contributed by atoms with Crippen LogP contribution in [0.4, 0.5) is 0 Å². The van der Waals surface area contributed by atoms with Crippen LogP contribution in [0.25, 0.3) is 0 Å². The summed E-state index contributed by atoms with van der Waals surface area (Å²) in [4.78, 5) is 0. The minimum atomic E-state index is -0.999. The molecule has 100 valence electrons. The van der Waals surface area contributed by atoms with Gasteiger partial charge in [-0.3, -0.25) is 0 Å². The predicted molar refractivity (Wildman–Crippen MR) is 71.5 cm³/mol. The highest BCUT2D eigenvalue weighted by Crippen LogP contribution is 2.39. The van der Waals surface area contributed by atoms with Gasteiger partial charge in [-0.15, -0.1) is 0 Å². The fourth-order valence-corrected chi connectivity index (χ4v) is 2.31. The van der Waals surface area contributed by atoms with Crippen molar-refractivity contribution in [3.05, 3.63) is 22.7 Å². The maximum absolute atomic E-state index is 10.1. The molecule has 4 heteroatoms. The maximum atomic E-state index is 10.1. The van der Waals surface area contributed by atoms with E-state index in [1.54, 1.807) is 33.1 Å². The number of methoxy groups -OCH3 is 1. The Hall–Kier alpha value is -0.930. The van der Waals surface area contributed by atoms with Gasteiger partial charge in [-0.2, -0.15) is 0 Å². The summed E-state index contributed by atoms with van der Waals surface area (Å²) in [6, 6.07) is 3.47. The summed E-state index contributed by atoms with van der Waals surface area (Å²) in [6.07, 6.45) is 3.61. The summed E-state index contributed by atoms with van der Waals surface area (Å²) >= 11 is 6.15. The first-order chi connectivity index (χ1) is 8.41. The lowest BCUT2D eigenvalue weighted by atomic mass is 9.95. The molecule has 1 aromatic rings. The zero-order valence-corrected chi connectivity index (χ0v) is 11.8. The highest BCUT2D eigenvalue weighted by Gasteiger charge is 2.25. The number of halogens is 1. The van der Waals surface area contributed by atoms with Crippen LogP contribution in [0.2, 0.25) is 5.02 Å². The van der Waals surface area contributed by atoms with E-state index in [-0.39, 0.29) is 6.10 Å². The van der Waals surface area contributed by atoms with Crippen molar-refractivity contribution in [2.75, 3.05) is 7.11 Å². The van der Waals surface area contributed by atoms with Crippen LogP contribution >= 0.6 is 11.6 Å². The third-order valence-electron chi connectivity index (χ3n) is 3.26. The van der Waals surface area contributed by atoms with Gasteiger partial charge in [0.15, 0.2) is 11.5 Å². The molecule has 1 aliphatic rings. The summed E-state index contributed by atoms with van der Waals surface area (Å²) in [7, 11) is 1.59. The Bertz CT molecular complexity index is 433. The molecule has 0 saturated heterocycles. The van der Waals surface area contributed by atoms with Gasteiger partial charge in [-0.1, -0.05) is 11.6 Å². The van der Waals surface area contributed by atoms with Crippen LogP contribution < -0.4 is 9.47 Å². The molecule has 0 atom stereocenters. The van der Waals surface area contributed by atoms with E-state index in [4.69, 9.17) is 21.1 Å². The summed E-state index contributed by atoms with van der Waals surface area (Å²) < 4.78 is 11.1. The van der Waals surface area contributed by atoms with E-state index < -0.39 is 5.60 Å². The van der Waals surface area contributed by atoms with E-state index in [2.05, 4.69) is 0 Å². The molecule has 1 fully saturated rings. The zero-order valence-electron chi connectivity index (χ0n) is 11.0. The molecule has 0 amide bonds. The highest BCUT2D eigenvalue weighted by molar-refractivity contribution is 6.31. The van der Waals surface area contributed by atoms with Crippen LogP contribution in [0.1, 0.15) is 38.7 Å². The molecule has 1 aliphatic carbocycles. The first-order valence-electron chi connectivity index (χ1n) is 6.19. The third-order valence-corrected chi connectivity index (χ3v) is 3.57. The van der Waals surface area contributed by atoms with Crippen molar-refractivity contribution in [3.8, 4) is 11.5 Å². The first kappa shape index (κ1) is 13.5. The van der Waals surface area contributed by atoms with Crippen molar-refractivity contribution in [1.29, 1.82) is 0 Å². The minimum Gasteiger partial charge on any atom is -0.493 e. The van der Waals surface area contributed by atoms with Crippen LogP contribution in [0, 0.1) is 0 Å². The van der Waals surface area contributed by atoms with E-state index >= 15 is 0 Å². The molecule has 0 aromatic heterocycles. The molecule has 0 spiro atoms. The van der Waals surface area contributed by atoms with Crippen LogP contribution in [0.3, 0.4) is 0 Å². The molecule has 0 bridgehead atoms. The average Bonchev–Trinajstić information content (AvgIpc) is 2.22. The molecule has 1 N–H and O–H groups in total. The molecular formula is C14H19ClO3. The van der Waals surface area contributed by atoms with E-state index in [1.807, 2.05) is 0 Å². The van der Waals surface area contributed by atoms with E-state index in [9.17, 15) is 5.11 Å². The SMILES string of the molecule is COc1cc(Cl)c(C(C)(C)O)cc1OC1CCC1. The number of hydrogen-bond donors (Lipinski definition) is 1. The molecule has 3 nitrogen and oxygen atoms in total. The Labute approximate surface area is 113 Å². The Morgan fingerprint density at radius 3 is 2.39 bits per heavy atom. The molecule has 0 heterocycles. The number of aliphatic hydroxyl groups is 1. The second-order valence-electron chi connectivity index (χ2n) is 5.21. The van der Waals surface area contributed by atoms with Crippen molar-refractivity contribution in [2.45, 2.75) is 44.8 Å². The first-order valence-corrected chi connectivity index (χ1v) is 6.56. The van der Waals surface area contributed by atoms with Gasteiger partial charge in [-0.25, -0.2) is 0 Å². The lowest BCUT2D eigenvalue weighted by Crippen LogP contribution is -2.25. The monoisotopic (exact) mass is 270 g/mol. The smallest absolute Gasteiger partial charge is 0.162 e. The van der Waals surface area contributed by atoms with Gasteiger partial charge in [0, 0.05) is 11.6 Å². The fourth-order valence-electron chi connectivity index (χ4n) is 1.92. The quantitative estimate of drug-likeness (QED) is 0.910. The van der Waals surface area contributed by atoms with Crippen LogP contribution in [-0.4, -0.2) is 18.3 Å². The summed E-state index contributed by atoms with van der Waals surface area (Å²) in [6.45, 7) is 3.40. The van der Waals surface area contributed by atoms with Crippen molar-refractivity contribution in [1.82, 2.24) is 0 Å². The standard InChI is InChI=1S/C14H19ClO3/c1-14(2,16)10-7-13(18-9-5-4-6-9)12(17-3)8-11(10)15/h7-9,16H,4-6H2,1-3H3. The Morgan fingerprint density at radius 1 is 1.28 bits per heavy atom. The van der Waals surface area contributed by atoms with Gasteiger partial charge in [0.2, 0.25) is 0 Å². The normalized spacial score (nSPS) is 16.3. The molecule has 2 rings (SSSR count). The number of benzene rings is 1. The Balaban J connectivity index is 2.35. The highest BCUT2D eigenvalue weighted by atomic mass is 35.5. The summed E-state index contributed by atoms with van der Waals surface area (Å²) in [5.41, 5.74) is -0.347. The lowest BCUT2D eigenvalue weighted by Gasteiger charge is -2.28. The largest absolute Gasteiger partial charge is 0.493 e. The van der Waals surface area contributed by atoms with E-state index in [0.29, 0.717) is 22.1 Å². The van der Waals surface area contributed by atoms with Gasteiger partial charge >= 0.3 is 0 Å². The van der Waals surface area contributed by atoms with Crippen LogP contribution in [-0.2, 0) is 5.60 Å². The predicted octanol–water partition coefficient (Wildman–Crippen LogP) is 3.51. The number of ether oxygens (including phenoxy) is 2. The van der Waals surface area contributed by atoms with Crippen LogP contribution in [0.15, 0.2) is 12.1 Å². The molecule has 0 radical (unpaired) electrons. The molecule has 1 saturated carbocycles. The molecule has 1 aromatic carbocycles. The molecule has 0 unspecified atom stereocenters.